The van der Waals surface area contributed by atoms with E-state index >= 15 is 0 Å². The van der Waals surface area contributed by atoms with Crippen molar-refractivity contribution in [2.75, 3.05) is 19.8 Å². The van der Waals surface area contributed by atoms with Gasteiger partial charge in [-0.25, -0.2) is 0 Å². The highest BCUT2D eigenvalue weighted by Gasteiger charge is 2.44. The third kappa shape index (κ3) is 33.9. The van der Waals surface area contributed by atoms with E-state index in [2.05, 4.69) is 26.0 Å². The normalized spacial score (nSPS) is 19.6. The van der Waals surface area contributed by atoms with Crippen molar-refractivity contribution >= 4 is 11.9 Å². The molecular weight excluding hydrogens is 785 g/mol. The Hall–Kier alpha value is -1.56. The number of unbranched alkanes of at least 4 members (excludes halogenated alkanes) is 32. The number of carbonyl (C=O) groups is 2. The van der Waals surface area contributed by atoms with Crippen LogP contribution in [0.5, 0.6) is 0 Å². The Morgan fingerprint density at radius 2 is 0.855 bits per heavy atom. The Labute approximate surface area is 380 Å². The fraction of sp³-hybridized carbons (Fsp3) is 0.923. The molecule has 1 fully saturated rings. The predicted octanol–water partition coefficient (Wildman–Crippen LogP) is 12.3. The fourth-order valence-corrected chi connectivity index (χ4v) is 8.24. The molecule has 0 aromatic rings. The molecule has 6 atom stereocenters. The second-order valence-electron chi connectivity index (χ2n) is 18.3. The molecule has 1 heterocycles. The van der Waals surface area contributed by atoms with Crippen molar-refractivity contribution in [3.63, 3.8) is 0 Å². The second kappa shape index (κ2) is 43.3. The molecule has 62 heavy (non-hydrogen) atoms. The summed E-state index contributed by atoms with van der Waals surface area (Å²) in [5.74, 6) is -0.793. The van der Waals surface area contributed by atoms with Gasteiger partial charge in [0.25, 0.3) is 0 Å². The lowest BCUT2D eigenvalue weighted by Crippen LogP contribution is -2.59. The van der Waals surface area contributed by atoms with E-state index in [9.17, 15) is 30.0 Å². The second-order valence-corrected chi connectivity index (χ2v) is 18.3. The SMILES string of the molecule is CCCCCCCCCC/C=C\CCCCCCCCCCCC(=O)OC(COC(=O)CCCCCCCCCCCCCCCCCC)COC1OC(CO)C(O)C(O)C1O. The van der Waals surface area contributed by atoms with Crippen molar-refractivity contribution in [1.29, 1.82) is 0 Å². The lowest BCUT2D eigenvalue weighted by molar-refractivity contribution is -0.305. The molecule has 0 aromatic carbocycles. The minimum absolute atomic E-state index is 0.212. The molecule has 1 rings (SSSR count). The van der Waals surface area contributed by atoms with Crippen molar-refractivity contribution < 1.29 is 49.0 Å². The van der Waals surface area contributed by atoms with Gasteiger partial charge in [-0.3, -0.25) is 9.59 Å². The molecule has 6 unspecified atom stereocenters. The highest BCUT2D eigenvalue weighted by Crippen LogP contribution is 2.23. The summed E-state index contributed by atoms with van der Waals surface area (Å²) in [4.78, 5) is 25.4. The molecule has 10 heteroatoms. The Bertz CT molecular complexity index is 1020. The van der Waals surface area contributed by atoms with E-state index in [1.165, 1.54) is 180 Å². The van der Waals surface area contributed by atoms with Gasteiger partial charge in [-0.2, -0.15) is 0 Å². The summed E-state index contributed by atoms with van der Waals surface area (Å²) in [6.07, 6.45) is 40.7. The standard InChI is InChI=1S/C52H98O10/c1-3-5-7-9-11-13-15-17-19-21-22-23-24-25-27-29-31-33-35-37-39-41-48(55)61-45(44-60-52-51(58)50(57)49(56)46(42-53)62-52)43-59-47(54)40-38-36-34-32-30-28-26-20-18-16-14-12-10-8-6-4-2/h21-22,45-46,49-53,56-58H,3-20,23-44H2,1-2H3/b22-21-. The van der Waals surface area contributed by atoms with Crippen LogP contribution in [0.15, 0.2) is 12.2 Å². The largest absolute Gasteiger partial charge is 0.462 e. The summed E-state index contributed by atoms with van der Waals surface area (Å²) in [6, 6.07) is 0. The molecular formula is C52H98O10. The van der Waals surface area contributed by atoms with Crippen LogP contribution in [0.25, 0.3) is 0 Å². The maximum atomic E-state index is 12.8. The van der Waals surface area contributed by atoms with Crippen molar-refractivity contribution in [3.8, 4) is 0 Å². The molecule has 0 saturated carbocycles. The van der Waals surface area contributed by atoms with Crippen LogP contribution in [-0.4, -0.2) is 89.0 Å². The van der Waals surface area contributed by atoms with E-state index in [0.29, 0.717) is 6.42 Å². The summed E-state index contributed by atoms with van der Waals surface area (Å²) in [6.45, 7) is 3.47. The Kier molecular flexibility index (Phi) is 40.9. The van der Waals surface area contributed by atoms with Gasteiger partial charge in [-0.1, -0.05) is 212 Å². The first-order chi connectivity index (χ1) is 30.3. The van der Waals surface area contributed by atoms with Crippen molar-refractivity contribution in [3.05, 3.63) is 12.2 Å². The minimum Gasteiger partial charge on any atom is -0.462 e. The average molecular weight is 883 g/mol. The number of aliphatic hydroxyl groups is 4. The zero-order valence-corrected chi connectivity index (χ0v) is 40.1. The summed E-state index contributed by atoms with van der Waals surface area (Å²) in [5.41, 5.74) is 0. The van der Waals surface area contributed by atoms with E-state index in [-0.39, 0.29) is 32.0 Å². The van der Waals surface area contributed by atoms with E-state index in [0.717, 1.165) is 38.5 Å². The van der Waals surface area contributed by atoms with Crippen molar-refractivity contribution in [1.82, 2.24) is 0 Å². The zero-order chi connectivity index (χ0) is 45.1. The molecule has 4 N–H and O–H groups in total. The summed E-state index contributed by atoms with van der Waals surface area (Å²) in [5, 5.41) is 40.2. The van der Waals surface area contributed by atoms with Gasteiger partial charge in [0.05, 0.1) is 13.2 Å². The van der Waals surface area contributed by atoms with Gasteiger partial charge in [0.2, 0.25) is 0 Å². The van der Waals surface area contributed by atoms with Crippen LogP contribution < -0.4 is 0 Å². The van der Waals surface area contributed by atoms with Crippen molar-refractivity contribution in [2.24, 2.45) is 0 Å². The smallest absolute Gasteiger partial charge is 0.306 e. The first-order valence-electron chi connectivity index (χ1n) is 26.3. The molecule has 0 aromatic heterocycles. The van der Waals surface area contributed by atoms with Gasteiger partial charge in [-0.15, -0.1) is 0 Å². The number of hydrogen-bond donors (Lipinski definition) is 4. The molecule has 0 amide bonds. The molecule has 0 radical (unpaired) electrons. The number of ether oxygens (including phenoxy) is 4. The Morgan fingerprint density at radius 1 is 0.484 bits per heavy atom. The zero-order valence-electron chi connectivity index (χ0n) is 40.1. The summed E-state index contributed by atoms with van der Waals surface area (Å²) in [7, 11) is 0. The van der Waals surface area contributed by atoms with Crippen LogP contribution in [0.4, 0.5) is 0 Å². The molecule has 366 valence electrons. The van der Waals surface area contributed by atoms with Gasteiger partial charge in [0.15, 0.2) is 12.4 Å². The van der Waals surface area contributed by atoms with Crippen LogP contribution in [0, 0.1) is 0 Å². The summed E-state index contributed by atoms with van der Waals surface area (Å²) >= 11 is 0. The topological polar surface area (TPSA) is 152 Å². The van der Waals surface area contributed by atoms with Crippen LogP contribution in [0.3, 0.4) is 0 Å². The van der Waals surface area contributed by atoms with Crippen molar-refractivity contribution in [2.45, 2.75) is 288 Å². The number of esters is 2. The molecule has 1 aliphatic rings. The maximum Gasteiger partial charge on any atom is 0.306 e. The van der Waals surface area contributed by atoms with Gasteiger partial charge >= 0.3 is 11.9 Å². The molecule has 0 aliphatic carbocycles. The molecule has 0 bridgehead atoms. The number of rotatable bonds is 45. The third-order valence-corrected chi connectivity index (χ3v) is 12.4. The Balaban J connectivity index is 2.24. The van der Waals surface area contributed by atoms with Gasteiger partial charge < -0.3 is 39.4 Å². The highest BCUT2D eigenvalue weighted by atomic mass is 16.7. The van der Waals surface area contributed by atoms with Crippen LogP contribution >= 0.6 is 0 Å². The lowest BCUT2D eigenvalue weighted by Gasteiger charge is -2.39. The highest BCUT2D eigenvalue weighted by molar-refractivity contribution is 5.70. The third-order valence-electron chi connectivity index (χ3n) is 12.4. The van der Waals surface area contributed by atoms with E-state index in [1.807, 2.05) is 0 Å². The number of carbonyl (C=O) groups excluding carboxylic acids is 2. The molecule has 1 aliphatic heterocycles. The average Bonchev–Trinajstić information content (AvgIpc) is 3.27. The Morgan fingerprint density at radius 3 is 1.26 bits per heavy atom. The molecule has 0 spiro atoms. The lowest BCUT2D eigenvalue weighted by atomic mass is 9.99. The fourth-order valence-electron chi connectivity index (χ4n) is 8.24. The van der Waals surface area contributed by atoms with E-state index in [4.69, 9.17) is 18.9 Å². The quantitative estimate of drug-likeness (QED) is 0.0264. The molecule has 10 nitrogen and oxygen atoms in total. The van der Waals surface area contributed by atoms with Crippen LogP contribution in [0.1, 0.15) is 251 Å². The number of hydrogen-bond acceptors (Lipinski definition) is 10. The number of aliphatic hydroxyl groups excluding tert-OH is 4. The van der Waals surface area contributed by atoms with Gasteiger partial charge in [0.1, 0.15) is 31.0 Å². The first kappa shape index (κ1) is 58.5. The van der Waals surface area contributed by atoms with Gasteiger partial charge in [-0.05, 0) is 38.5 Å². The van der Waals surface area contributed by atoms with Crippen LogP contribution in [0.2, 0.25) is 0 Å². The monoisotopic (exact) mass is 883 g/mol. The number of allylic oxidation sites excluding steroid dienone is 2. The predicted molar refractivity (Wildman–Crippen MR) is 252 cm³/mol. The maximum absolute atomic E-state index is 12.8. The van der Waals surface area contributed by atoms with E-state index in [1.54, 1.807) is 0 Å². The minimum atomic E-state index is -1.59. The molecule has 1 saturated heterocycles. The first-order valence-corrected chi connectivity index (χ1v) is 26.3. The summed E-state index contributed by atoms with van der Waals surface area (Å²) < 4.78 is 22.3. The van der Waals surface area contributed by atoms with E-state index < -0.39 is 49.4 Å². The van der Waals surface area contributed by atoms with Crippen LogP contribution in [-0.2, 0) is 28.5 Å². The van der Waals surface area contributed by atoms with Gasteiger partial charge in [0, 0.05) is 12.8 Å².